The summed E-state index contributed by atoms with van der Waals surface area (Å²) in [6.45, 7) is 4.69. The van der Waals surface area contributed by atoms with Crippen molar-refractivity contribution in [2.45, 2.75) is 50.7 Å². The molecule has 10 heteroatoms. The minimum Gasteiger partial charge on any atom is -0.389 e. The van der Waals surface area contributed by atoms with Gasteiger partial charge in [0.15, 0.2) is 5.96 Å². The SMILES string of the molecule is Cl.Cl.O=C(NCC12CC3CC(C1)CC(CNC1=NCC(O)CN1)(C3)C2)[C@H]1COCCN1. The average Bonchev–Trinajstić information content (AvgIpc) is 2.71. The first-order valence-electron chi connectivity index (χ1n) is 11.3. The summed E-state index contributed by atoms with van der Waals surface area (Å²) < 4.78 is 5.45. The highest BCUT2D eigenvalue weighted by Gasteiger charge is 2.57. The number of aliphatic hydroxyl groups is 1. The molecule has 31 heavy (non-hydrogen) atoms. The molecule has 0 aromatic heterocycles. The molecule has 8 nitrogen and oxygen atoms in total. The first kappa shape index (κ1) is 24.8. The standard InChI is InChI=1S/C21H35N5O3.2ClH/c27-16-8-23-19(24-9-16)26-13-21-6-14-3-15(7-21)5-20(4-14,11-21)12-25-18(28)17-10-29-2-1-22-17;;/h14-17,22,27H,1-13H2,(H,25,28)(H2,23,24,26);2*1H/t14?,15?,17-,20?,21?;;/m1../s1. The molecule has 178 valence electrons. The van der Waals surface area contributed by atoms with E-state index in [0.717, 1.165) is 37.4 Å². The molecule has 6 rings (SSSR count). The Morgan fingerprint density at radius 3 is 2.48 bits per heavy atom. The lowest BCUT2D eigenvalue weighted by atomic mass is 9.44. The predicted molar refractivity (Wildman–Crippen MR) is 124 cm³/mol. The number of hydrogen-bond donors (Lipinski definition) is 5. The van der Waals surface area contributed by atoms with E-state index in [1.54, 1.807) is 0 Å². The summed E-state index contributed by atoms with van der Waals surface area (Å²) in [6.07, 6.45) is 7.26. The maximum absolute atomic E-state index is 12.6. The molecule has 5 N–H and O–H groups in total. The molecule has 4 aliphatic carbocycles. The second-order valence-corrected chi connectivity index (χ2v) is 10.3. The van der Waals surface area contributed by atoms with Gasteiger partial charge in [-0.05, 0) is 61.2 Å². The van der Waals surface area contributed by atoms with E-state index in [1.165, 1.54) is 38.5 Å². The molecule has 4 saturated carbocycles. The van der Waals surface area contributed by atoms with Gasteiger partial charge in [-0.3, -0.25) is 9.79 Å². The maximum Gasteiger partial charge on any atom is 0.239 e. The van der Waals surface area contributed by atoms with Gasteiger partial charge < -0.3 is 31.1 Å². The van der Waals surface area contributed by atoms with E-state index in [9.17, 15) is 9.90 Å². The van der Waals surface area contributed by atoms with Gasteiger partial charge >= 0.3 is 0 Å². The van der Waals surface area contributed by atoms with Crippen LogP contribution in [-0.2, 0) is 9.53 Å². The summed E-state index contributed by atoms with van der Waals surface area (Å²) >= 11 is 0. The molecule has 5 fully saturated rings. The Morgan fingerprint density at radius 1 is 1.16 bits per heavy atom. The van der Waals surface area contributed by atoms with Crippen LogP contribution in [0.2, 0.25) is 0 Å². The van der Waals surface area contributed by atoms with Crippen LogP contribution in [0.1, 0.15) is 38.5 Å². The summed E-state index contributed by atoms with van der Waals surface area (Å²) in [5.41, 5.74) is 0.552. The number of nitrogens with one attached hydrogen (secondary N) is 4. The van der Waals surface area contributed by atoms with Crippen LogP contribution in [0.3, 0.4) is 0 Å². The lowest BCUT2D eigenvalue weighted by Gasteiger charge is -2.62. The topological polar surface area (TPSA) is 107 Å². The number of β-amino-alcohol motifs (C(OH)–C–C–N with tert-alkyl or cyclic N) is 1. The van der Waals surface area contributed by atoms with Gasteiger partial charge in [0.25, 0.3) is 0 Å². The number of ether oxygens (including phenoxy) is 1. The second kappa shape index (κ2) is 10.00. The largest absolute Gasteiger partial charge is 0.389 e. The molecule has 1 saturated heterocycles. The number of aliphatic imine (C=N–C) groups is 1. The molecular weight excluding hydrogens is 441 g/mol. The van der Waals surface area contributed by atoms with E-state index in [-0.39, 0.29) is 48.3 Å². The van der Waals surface area contributed by atoms with Crippen LogP contribution in [0, 0.1) is 22.7 Å². The van der Waals surface area contributed by atoms with Crippen LogP contribution < -0.4 is 21.3 Å². The molecule has 1 amide bonds. The van der Waals surface area contributed by atoms with Crippen LogP contribution in [0.25, 0.3) is 0 Å². The van der Waals surface area contributed by atoms with Crippen molar-refractivity contribution in [1.29, 1.82) is 0 Å². The zero-order valence-electron chi connectivity index (χ0n) is 18.0. The summed E-state index contributed by atoms with van der Waals surface area (Å²) in [5.74, 6) is 2.49. The third kappa shape index (κ3) is 5.41. The molecular formula is C21H37Cl2N5O3. The Balaban J connectivity index is 0.00000136. The molecule has 6 aliphatic rings. The number of carbonyl (C=O) groups excluding carboxylic acids is 1. The quantitative estimate of drug-likeness (QED) is 0.393. The van der Waals surface area contributed by atoms with Crippen LogP contribution in [0.15, 0.2) is 4.99 Å². The monoisotopic (exact) mass is 477 g/mol. The van der Waals surface area contributed by atoms with Gasteiger partial charge in [0, 0.05) is 26.2 Å². The molecule has 3 unspecified atom stereocenters. The summed E-state index contributed by atoms with van der Waals surface area (Å²) in [5, 5.41) is 22.9. The molecule has 0 radical (unpaired) electrons. The summed E-state index contributed by atoms with van der Waals surface area (Å²) in [6, 6.07) is -0.209. The van der Waals surface area contributed by atoms with Crippen molar-refractivity contribution in [2.24, 2.45) is 27.7 Å². The minimum absolute atomic E-state index is 0. The number of morpholine rings is 1. The van der Waals surface area contributed by atoms with E-state index in [2.05, 4.69) is 26.3 Å². The number of rotatable bonds is 5. The number of aliphatic hydroxyl groups excluding tert-OH is 1. The number of amides is 1. The fourth-order valence-electron chi connectivity index (χ4n) is 7.12. The van der Waals surface area contributed by atoms with Crippen LogP contribution in [0.4, 0.5) is 0 Å². The molecule has 0 aromatic rings. The molecule has 4 atom stereocenters. The van der Waals surface area contributed by atoms with Gasteiger partial charge in [0.1, 0.15) is 6.04 Å². The van der Waals surface area contributed by atoms with Crippen molar-refractivity contribution >= 4 is 36.7 Å². The van der Waals surface area contributed by atoms with Crippen molar-refractivity contribution in [3.05, 3.63) is 0 Å². The van der Waals surface area contributed by atoms with Crippen molar-refractivity contribution in [3.8, 4) is 0 Å². The van der Waals surface area contributed by atoms with E-state index >= 15 is 0 Å². The van der Waals surface area contributed by atoms with E-state index in [1.807, 2.05) is 0 Å². The highest BCUT2D eigenvalue weighted by Crippen LogP contribution is 2.64. The number of hydrogen-bond acceptors (Lipinski definition) is 7. The fraction of sp³-hybridized carbons (Fsp3) is 0.905. The molecule has 0 aromatic carbocycles. The molecule has 4 bridgehead atoms. The number of carbonyl (C=O) groups is 1. The first-order chi connectivity index (χ1) is 14.0. The van der Waals surface area contributed by atoms with Crippen molar-refractivity contribution in [3.63, 3.8) is 0 Å². The number of halogens is 2. The van der Waals surface area contributed by atoms with Gasteiger partial charge in [-0.25, -0.2) is 0 Å². The van der Waals surface area contributed by atoms with E-state index in [4.69, 9.17) is 4.74 Å². The zero-order chi connectivity index (χ0) is 19.9. The predicted octanol–water partition coefficient (Wildman–Crippen LogP) is 0.431. The Hall–Kier alpha value is -0.800. The smallest absolute Gasteiger partial charge is 0.239 e. The van der Waals surface area contributed by atoms with Gasteiger partial charge in [0.05, 0.1) is 25.9 Å². The van der Waals surface area contributed by atoms with E-state index < -0.39 is 0 Å². The Morgan fingerprint density at radius 2 is 1.87 bits per heavy atom. The van der Waals surface area contributed by atoms with Gasteiger partial charge in [0.2, 0.25) is 5.91 Å². The number of guanidine groups is 1. The highest BCUT2D eigenvalue weighted by molar-refractivity contribution is 5.85. The number of nitrogens with zero attached hydrogens (tertiary/aromatic N) is 1. The maximum atomic E-state index is 12.6. The van der Waals surface area contributed by atoms with Crippen molar-refractivity contribution in [1.82, 2.24) is 21.3 Å². The molecule has 2 heterocycles. The lowest BCUT2D eigenvalue weighted by molar-refractivity contribution is -0.131. The van der Waals surface area contributed by atoms with Crippen molar-refractivity contribution < 1.29 is 14.6 Å². The summed E-state index contributed by atoms with van der Waals surface area (Å²) in [7, 11) is 0. The third-order valence-electron chi connectivity index (χ3n) is 7.78. The van der Waals surface area contributed by atoms with Crippen molar-refractivity contribution in [2.75, 3.05) is 45.9 Å². The zero-order valence-corrected chi connectivity index (χ0v) is 19.7. The van der Waals surface area contributed by atoms with Gasteiger partial charge in [-0.15, -0.1) is 24.8 Å². The molecule has 0 spiro atoms. The Kier molecular flexibility index (Phi) is 8.01. The third-order valence-corrected chi connectivity index (χ3v) is 7.78. The Bertz CT molecular complexity index is 659. The summed E-state index contributed by atoms with van der Waals surface area (Å²) in [4.78, 5) is 17.0. The van der Waals surface area contributed by atoms with Crippen LogP contribution >= 0.6 is 24.8 Å². The Labute approximate surface area is 196 Å². The van der Waals surface area contributed by atoms with Gasteiger partial charge in [-0.2, -0.15) is 0 Å². The second-order valence-electron chi connectivity index (χ2n) is 10.3. The minimum atomic E-state index is -0.379. The van der Waals surface area contributed by atoms with E-state index in [0.29, 0.717) is 31.7 Å². The van der Waals surface area contributed by atoms with Gasteiger partial charge in [-0.1, -0.05) is 0 Å². The first-order valence-corrected chi connectivity index (χ1v) is 11.3. The average molecular weight is 478 g/mol. The normalized spacial score (nSPS) is 40.6. The van der Waals surface area contributed by atoms with Crippen LogP contribution in [0.5, 0.6) is 0 Å². The molecule has 2 aliphatic heterocycles. The lowest BCUT2D eigenvalue weighted by Crippen LogP contribution is -2.60. The fourth-order valence-corrected chi connectivity index (χ4v) is 7.12. The van der Waals surface area contributed by atoms with Crippen LogP contribution in [-0.4, -0.2) is 75.1 Å². The highest BCUT2D eigenvalue weighted by atomic mass is 35.5.